The molecule has 1 saturated heterocycles. The van der Waals surface area contributed by atoms with Gasteiger partial charge in [-0.3, -0.25) is 9.59 Å². The van der Waals surface area contributed by atoms with Crippen molar-refractivity contribution in [2.45, 2.75) is 32.6 Å². The van der Waals surface area contributed by atoms with E-state index in [1.807, 2.05) is 36.1 Å². The summed E-state index contributed by atoms with van der Waals surface area (Å²) in [5.74, 6) is -0.813. The number of ether oxygens (including phenoxy) is 1. The van der Waals surface area contributed by atoms with Crippen molar-refractivity contribution in [3.05, 3.63) is 24.3 Å². The molecule has 1 aliphatic heterocycles. The van der Waals surface area contributed by atoms with Crippen LogP contribution in [-0.2, 0) is 9.59 Å². The van der Waals surface area contributed by atoms with Crippen LogP contribution in [0.5, 0.6) is 5.75 Å². The number of hydrogen-bond acceptors (Lipinski definition) is 4. The SMILES string of the molecule is CCOc1ccccc1N1CCN(C(=O)[C@@H]2CCCC[C@H]2C(=O)O)CC1. The quantitative estimate of drug-likeness (QED) is 0.874. The minimum atomic E-state index is -0.827. The zero-order chi connectivity index (χ0) is 18.5. The number of amides is 1. The number of hydrogen-bond donors (Lipinski definition) is 1. The fourth-order valence-electron chi connectivity index (χ4n) is 4.12. The van der Waals surface area contributed by atoms with Crippen LogP contribution in [0.25, 0.3) is 0 Å². The number of carboxylic acids is 1. The summed E-state index contributed by atoms with van der Waals surface area (Å²) in [5, 5.41) is 9.43. The number of para-hydroxylation sites is 2. The van der Waals surface area contributed by atoms with Crippen LogP contribution in [0.3, 0.4) is 0 Å². The minimum absolute atomic E-state index is 0.0230. The Bertz CT molecular complexity index is 640. The largest absolute Gasteiger partial charge is 0.492 e. The lowest BCUT2D eigenvalue weighted by atomic mass is 9.78. The van der Waals surface area contributed by atoms with Gasteiger partial charge in [0.15, 0.2) is 0 Å². The van der Waals surface area contributed by atoms with Crippen LogP contribution < -0.4 is 9.64 Å². The van der Waals surface area contributed by atoms with E-state index in [0.717, 1.165) is 37.4 Å². The van der Waals surface area contributed by atoms with Gasteiger partial charge >= 0.3 is 5.97 Å². The average molecular weight is 360 g/mol. The van der Waals surface area contributed by atoms with Gasteiger partial charge in [0.05, 0.1) is 24.1 Å². The third-order valence-electron chi connectivity index (χ3n) is 5.50. The molecule has 1 aliphatic carbocycles. The highest BCUT2D eigenvalue weighted by atomic mass is 16.5. The van der Waals surface area contributed by atoms with Crippen LogP contribution in [0, 0.1) is 11.8 Å². The lowest BCUT2D eigenvalue weighted by Crippen LogP contribution is -2.52. The van der Waals surface area contributed by atoms with Gasteiger partial charge in [-0.2, -0.15) is 0 Å². The van der Waals surface area contributed by atoms with E-state index in [9.17, 15) is 14.7 Å². The van der Waals surface area contributed by atoms with Gasteiger partial charge in [0.2, 0.25) is 5.91 Å². The zero-order valence-electron chi connectivity index (χ0n) is 15.4. The summed E-state index contributed by atoms with van der Waals surface area (Å²) in [6, 6.07) is 7.97. The number of rotatable bonds is 5. The van der Waals surface area contributed by atoms with E-state index in [2.05, 4.69) is 4.90 Å². The van der Waals surface area contributed by atoms with E-state index in [0.29, 0.717) is 32.5 Å². The Morgan fingerprint density at radius 2 is 1.73 bits per heavy atom. The Morgan fingerprint density at radius 3 is 2.38 bits per heavy atom. The first-order valence-electron chi connectivity index (χ1n) is 9.60. The first-order valence-corrected chi connectivity index (χ1v) is 9.60. The smallest absolute Gasteiger partial charge is 0.307 e. The number of nitrogens with zero attached hydrogens (tertiary/aromatic N) is 2. The Balaban J connectivity index is 1.63. The van der Waals surface area contributed by atoms with E-state index in [-0.39, 0.29) is 11.8 Å². The summed E-state index contributed by atoms with van der Waals surface area (Å²) in [7, 11) is 0. The molecule has 0 spiro atoms. The molecule has 0 unspecified atom stereocenters. The maximum atomic E-state index is 12.9. The first kappa shape index (κ1) is 18.5. The predicted molar refractivity (Wildman–Crippen MR) is 99.5 cm³/mol. The fraction of sp³-hybridized carbons (Fsp3) is 0.600. The molecule has 2 atom stereocenters. The molecular weight excluding hydrogens is 332 g/mol. The van der Waals surface area contributed by atoms with Crippen molar-refractivity contribution in [1.82, 2.24) is 4.90 Å². The van der Waals surface area contributed by atoms with Crippen LogP contribution in [0.4, 0.5) is 5.69 Å². The Hall–Kier alpha value is -2.24. The molecule has 6 heteroatoms. The topological polar surface area (TPSA) is 70.1 Å². The van der Waals surface area contributed by atoms with Crippen molar-refractivity contribution in [3.8, 4) is 5.75 Å². The molecule has 1 aromatic carbocycles. The summed E-state index contributed by atoms with van der Waals surface area (Å²) in [6.45, 7) is 5.31. The number of aliphatic carboxylic acids is 1. The lowest BCUT2D eigenvalue weighted by Gasteiger charge is -2.39. The van der Waals surface area contributed by atoms with Crippen molar-refractivity contribution in [2.75, 3.05) is 37.7 Å². The predicted octanol–water partition coefficient (Wildman–Crippen LogP) is 2.62. The van der Waals surface area contributed by atoms with Crippen molar-refractivity contribution in [3.63, 3.8) is 0 Å². The third-order valence-corrected chi connectivity index (χ3v) is 5.50. The third kappa shape index (κ3) is 3.94. The molecule has 142 valence electrons. The highest BCUT2D eigenvalue weighted by molar-refractivity contribution is 5.85. The monoisotopic (exact) mass is 360 g/mol. The van der Waals surface area contributed by atoms with Crippen LogP contribution in [0.2, 0.25) is 0 Å². The number of anilines is 1. The van der Waals surface area contributed by atoms with E-state index in [1.165, 1.54) is 0 Å². The van der Waals surface area contributed by atoms with E-state index < -0.39 is 11.9 Å². The van der Waals surface area contributed by atoms with Crippen LogP contribution in [0.15, 0.2) is 24.3 Å². The number of carbonyl (C=O) groups excluding carboxylic acids is 1. The van der Waals surface area contributed by atoms with Crippen LogP contribution in [-0.4, -0.2) is 54.7 Å². The molecule has 26 heavy (non-hydrogen) atoms. The van der Waals surface area contributed by atoms with E-state index in [1.54, 1.807) is 0 Å². The molecule has 6 nitrogen and oxygen atoms in total. The summed E-state index contributed by atoms with van der Waals surface area (Å²) < 4.78 is 5.71. The number of carboxylic acid groups (broad SMARTS) is 1. The highest BCUT2D eigenvalue weighted by Gasteiger charge is 2.38. The number of piperazine rings is 1. The molecule has 3 rings (SSSR count). The second-order valence-corrected chi connectivity index (χ2v) is 7.05. The molecule has 2 aliphatic rings. The van der Waals surface area contributed by atoms with Crippen LogP contribution >= 0.6 is 0 Å². The molecule has 2 fully saturated rings. The van der Waals surface area contributed by atoms with Gasteiger partial charge in [-0.1, -0.05) is 25.0 Å². The average Bonchev–Trinajstić information content (AvgIpc) is 2.68. The number of carbonyl (C=O) groups is 2. The van der Waals surface area contributed by atoms with Crippen molar-refractivity contribution >= 4 is 17.6 Å². The summed E-state index contributed by atoms with van der Waals surface area (Å²) in [5.41, 5.74) is 1.06. The second-order valence-electron chi connectivity index (χ2n) is 7.05. The van der Waals surface area contributed by atoms with Gasteiger partial charge in [0.25, 0.3) is 0 Å². The molecule has 1 N–H and O–H groups in total. The molecule has 0 bridgehead atoms. The second kappa shape index (κ2) is 8.43. The van der Waals surface area contributed by atoms with Crippen molar-refractivity contribution < 1.29 is 19.4 Å². The van der Waals surface area contributed by atoms with Crippen molar-refractivity contribution in [1.29, 1.82) is 0 Å². The van der Waals surface area contributed by atoms with Gasteiger partial charge in [-0.25, -0.2) is 0 Å². The van der Waals surface area contributed by atoms with E-state index in [4.69, 9.17) is 4.74 Å². The lowest BCUT2D eigenvalue weighted by molar-refractivity contribution is -0.152. The zero-order valence-corrected chi connectivity index (χ0v) is 15.4. The molecule has 1 amide bonds. The Labute approximate surface area is 154 Å². The Kier molecular flexibility index (Phi) is 6.01. The Morgan fingerprint density at radius 1 is 1.08 bits per heavy atom. The highest BCUT2D eigenvalue weighted by Crippen LogP contribution is 2.33. The molecule has 1 heterocycles. The first-order chi connectivity index (χ1) is 12.6. The van der Waals surface area contributed by atoms with Gasteiger partial charge in [0.1, 0.15) is 5.75 Å². The van der Waals surface area contributed by atoms with E-state index >= 15 is 0 Å². The summed E-state index contributed by atoms with van der Waals surface area (Å²) in [6.07, 6.45) is 3.17. The van der Waals surface area contributed by atoms with Gasteiger partial charge < -0.3 is 19.6 Å². The molecule has 1 saturated carbocycles. The minimum Gasteiger partial charge on any atom is -0.492 e. The summed E-state index contributed by atoms with van der Waals surface area (Å²) >= 11 is 0. The maximum Gasteiger partial charge on any atom is 0.307 e. The summed E-state index contributed by atoms with van der Waals surface area (Å²) in [4.78, 5) is 28.5. The van der Waals surface area contributed by atoms with Gasteiger partial charge in [0, 0.05) is 26.2 Å². The molecular formula is C20H28N2O4. The normalized spacial score (nSPS) is 23.6. The number of benzene rings is 1. The van der Waals surface area contributed by atoms with Crippen molar-refractivity contribution in [2.24, 2.45) is 11.8 Å². The molecule has 0 aromatic heterocycles. The van der Waals surface area contributed by atoms with Gasteiger partial charge in [-0.15, -0.1) is 0 Å². The maximum absolute atomic E-state index is 12.9. The van der Waals surface area contributed by atoms with Crippen LogP contribution in [0.1, 0.15) is 32.6 Å². The fourth-order valence-corrected chi connectivity index (χ4v) is 4.12. The molecule has 0 radical (unpaired) electrons. The molecule has 1 aromatic rings. The standard InChI is InChI=1S/C20H28N2O4/c1-2-26-18-10-6-5-9-17(18)21-11-13-22(14-12-21)19(23)15-7-3-4-8-16(15)20(24)25/h5-6,9-10,15-16H,2-4,7-8,11-14H2,1H3,(H,24,25)/t15-,16-/m1/s1. The van der Waals surface area contributed by atoms with Gasteiger partial charge in [-0.05, 0) is 31.9 Å².